The highest BCUT2D eigenvalue weighted by molar-refractivity contribution is 6.65. The van der Waals surface area contributed by atoms with Crippen LogP contribution in [0.1, 0.15) is 6.92 Å². The summed E-state index contributed by atoms with van der Waals surface area (Å²) < 4.78 is 11.2. The summed E-state index contributed by atoms with van der Waals surface area (Å²) in [6.45, 7) is 1.44. The van der Waals surface area contributed by atoms with Crippen LogP contribution in [0.4, 0.5) is 0 Å². The number of nitrogens with zero attached hydrogens (tertiary/aromatic N) is 2. The van der Waals surface area contributed by atoms with Crippen molar-refractivity contribution in [1.29, 1.82) is 0 Å². The summed E-state index contributed by atoms with van der Waals surface area (Å²) in [5.74, 6) is -1.10. The average Bonchev–Trinajstić information content (AvgIpc) is 2.55. The minimum atomic E-state index is -1.71. The number of para-hydroxylation sites is 3. The molecule has 116 valence electrons. The lowest BCUT2D eigenvalue weighted by Gasteiger charge is -2.26. The molecule has 1 heterocycles. The van der Waals surface area contributed by atoms with Crippen molar-refractivity contribution < 1.29 is 14.3 Å². The summed E-state index contributed by atoms with van der Waals surface area (Å²) in [5, 5.41) is -0.795. The second-order valence-electron chi connectivity index (χ2n) is 4.93. The van der Waals surface area contributed by atoms with Gasteiger partial charge in [0.1, 0.15) is 5.75 Å². The van der Waals surface area contributed by atoms with Gasteiger partial charge >= 0.3 is 11.0 Å². The molecule has 23 heavy (non-hydrogen) atoms. The van der Waals surface area contributed by atoms with Crippen LogP contribution in [0.5, 0.6) is 11.6 Å². The molecule has 0 radical (unpaired) electrons. The van der Waals surface area contributed by atoms with E-state index in [0.29, 0.717) is 11.3 Å². The molecule has 1 atom stereocenters. The van der Waals surface area contributed by atoms with Crippen molar-refractivity contribution in [2.24, 2.45) is 0 Å². The number of rotatable bonds is 5. The maximum atomic E-state index is 11.8. The third kappa shape index (κ3) is 3.40. The summed E-state index contributed by atoms with van der Waals surface area (Å²) in [7, 11) is 0. The molecule has 0 aliphatic carbocycles. The maximum Gasteiger partial charge on any atom is 0.325 e. The van der Waals surface area contributed by atoms with Crippen LogP contribution in [0, 0.1) is 0 Å². The van der Waals surface area contributed by atoms with Crippen molar-refractivity contribution in [2.45, 2.75) is 12.7 Å². The van der Waals surface area contributed by atoms with E-state index in [1.165, 1.54) is 13.1 Å². The van der Waals surface area contributed by atoms with Crippen molar-refractivity contribution >= 4 is 27.9 Å². The molecule has 0 amide bonds. The van der Waals surface area contributed by atoms with E-state index in [4.69, 9.17) is 21.1 Å². The van der Waals surface area contributed by atoms with Crippen LogP contribution in [-0.2, 0) is 4.79 Å². The molecular formula is C17H13ClN2O3. The van der Waals surface area contributed by atoms with Crippen LogP contribution >= 0.6 is 11.6 Å². The van der Waals surface area contributed by atoms with Crippen molar-refractivity contribution in [2.75, 3.05) is 0 Å². The Morgan fingerprint density at radius 2 is 1.65 bits per heavy atom. The minimum absolute atomic E-state index is 0.149. The predicted molar refractivity (Wildman–Crippen MR) is 86.5 cm³/mol. The Morgan fingerprint density at radius 1 is 1.00 bits per heavy atom. The van der Waals surface area contributed by atoms with Crippen molar-refractivity contribution in [3.63, 3.8) is 0 Å². The number of benzene rings is 2. The van der Waals surface area contributed by atoms with Crippen molar-refractivity contribution in [3.05, 3.63) is 60.8 Å². The second kappa shape index (κ2) is 6.22. The van der Waals surface area contributed by atoms with Gasteiger partial charge in [0.2, 0.25) is 5.88 Å². The van der Waals surface area contributed by atoms with Crippen LogP contribution in [0.15, 0.2) is 60.8 Å². The van der Waals surface area contributed by atoms with E-state index in [1.54, 1.807) is 30.3 Å². The van der Waals surface area contributed by atoms with E-state index in [2.05, 4.69) is 9.97 Å². The van der Waals surface area contributed by atoms with Gasteiger partial charge in [0.15, 0.2) is 0 Å². The number of carbonyl (C=O) groups is 1. The number of aromatic nitrogens is 2. The standard InChI is InChI=1S/C17H13ClN2O3/c1-17(16(18)21,22-12-7-3-2-4-8-12)23-15-11-19-13-9-5-6-10-14(13)20-15/h2-11H,1H3. The SMILES string of the molecule is CC(Oc1ccccc1)(Oc1cnc2ccccc2n1)C(=O)Cl. The second-order valence-corrected chi connectivity index (χ2v) is 5.28. The van der Waals surface area contributed by atoms with Crippen molar-refractivity contribution in [1.82, 2.24) is 9.97 Å². The Morgan fingerprint density at radius 3 is 2.35 bits per heavy atom. The lowest BCUT2D eigenvalue weighted by atomic mass is 10.3. The third-order valence-corrected chi connectivity index (χ3v) is 3.48. The van der Waals surface area contributed by atoms with Gasteiger partial charge in [-0.05, 0) is 35.9 Å². The van der Waals surface area contributed by atoms with E-state index >= 15 is 0 Å². The highest BCUT2D eigenvalue weighted by Gasteiger charge is 2.38. The van der Waals surface area contributed by atoms with Gasteiger partial charge in [0, 0.05) is 6.92 Å². The zero-order valence-electron chi connectivity index (χ0n) is 12.3. The molecular weight excluding hydrogens is 316 g/mol. The monoisotopic (exact) mass is 328 g/mol. The Kier molecular flexibility index (Phi) is 4.12. The maximum absolute atomic E-state index is 11.8. The molecule has 2 aromatic carbocycles. The first-order chi connectivity index (χ1) is 11.1. The van der Waals surface area contributed by atoms with Gasteiger partial charge in [-0.15, -0.1) is 0 Å². The van der Waals surface area contributed by atoms with Crippen LogP contribution in [0.3, 0.4) is 0 Å². The Bertz CT molecular complexity index is 841. The summed E-state index contributed by atoms with van der Waals surface area (Å²) in [5.41, 5.74) is 1.37. The van der Waals surface area contributed by atoms with Crippen LogP contribution in [-0.4, -0.2) is 21.0 Å². The number of carbonyl (C=O) groups excluding carboxylic acids is 1. The zero-order chi connectivity index (χ0) is 16.3. The van der Waals surface area contributed by atoms with Crippen LogP contribution < -0.4 is 9.47 Å². The summed E-state index contributed by atoms with van der Waals surface area (Å²) in [6, 6.07) is 16.1. The number of halogens is 1. The topological polar surface area (TPSA) is 61.3 Å². The molecule has 3 aromatic rings. The molecule has 5 nitrogen and oxygen atoms in total. The van der Waals surface area contributed by atoms with Gasteiger partial charge in [-0.25, -0.2) is 9.97 Å². The molecule has 0 fully saturated rings. The lowest BCUT2D eigenvalue weighted by molar-refractivity contribution is -0.150. The van der Waals surface area contributed by atoms with Crippen LogP contribution in [0.2, 0.25) is 0 Å². The normalized spacial score (nSPS) is 13.3. The van der Waals surface area contributed by atoms with Gasteiger partial charge in [-0.3, -0.25) is 4.79 Å². The molecule has 0 spiro atoms. The van der Waals surface area contributed by atoms with Gasteiger partial charge < -0.3 is 9.47 Å². The van der Waals surface area contributed by atoms with Gasteiger partial charge in [-0.1, -0.05) is 30.3 Å². The Balaban J connectivity index is 1.90. The third-order valence-electron chi connectivity index (χ3n) is 3.14. The van der Waals surface area contributed by atoms with Crippen LogP contribution in [0.25, 0.3) is 11.0 Å². The molecule has 6 heteroatoms. The highest BCUT2D eigenvalue weighted by atomic mass is 35.5. The first-order valence-electron chi connectivity index (χ1n) is 6.92. The fourth-order valence-electron chi connectivity index (χ4n) is 2.00. The predicted octanol–water partition coefficient (Wildman–Crippen LogP) is 3.57. The summed E-state index contributed by atoms with van der Waals surface area (Å²) >= 11 is 5.67. The van der Waals surface area contributed by atoms with Gasteiger partial charge in [0.25, 0.3) is 0 Å². The van der Waals surface area contributed by atoms with E-state index < -0.39 is 11.0 Å². The first kappa shape index (κ1) is 15.2. The van der Waals surface area contributed by atoms with Gasteiger partial charge in [-0.2, -0.15) is 0 Å². The largest absolute Gasteiger partial charge is 0.445 e. The molecule has 0 aliphatic rings. The number of ether oxygens (including phenoxy) is 2. The molecule has 0 saturated carbocycles. The smallest absolute Gasteiger partial charge is 0.325 e. The molecule has 0 bridgehead atoms. The molecule has 1 aromatic heterocycles. The summed E-state index contributed by atoms with van der Waals surface area (Å²) in [6.07, 6.45) is 1.43. The first-order valence-corrected chi connectivity index (χ1v) is 7.29. The molecule has 0 aliphatic heterocycles. The Labute approximate surface area is 137 Å². The summed E-state index contributed by atoms with van der Waals surface area (Å²) in [4.78, 5) is 20.3. The molecule has 3 rings (SSSR count). The fourth-order valence-corrected chi connectivity index (χ4v) is 2.08. The van der Waals surface area contributed by atoms with E-state index in [-0.39, 0.29) is 5.88 Å². The molecule has 1 unspecified atom stereocenters. The minimum Gasteiger partial charge on any atom is -0.445 e. The lowest BCUT2D eigenvalue weighted by Crippen LogP contribution is -2.45. The Hall–Kier alpha value is -2.66. The van der Waals surface area contributed by atoms with E-state index in [1.807, 2.05) is 24.3 Å². The fraction of sp³-hybridized carbons (Fsp3) is 0.118. The average molecular weight is 329 g/mol. The molecule has 0 saturated heterocycles. The van der Waals surface area contributed by atoms with E-state index in [9.17, 15) is 4.79 Å². The quantitative estimate of drug-likeness (QED) is 0.529. The number of fused-ring (bicyclic) bond motifs is 1. The number of hydrogen-bond donors (Lipinski definition) is 0. The van der Waals surface area contributed by atoms with Gasteiger partial charge in [0.05, 0.1) is 17.2 Å². The number of hydrogen-bond acceptors (Lipinski definition) is 5. The molecule has 0 N–H and O–H groups in total. The highest BCUT2D eigenvalue weighted by Crippen LogP contribution is 2.24. The van der Waals surface area contributed by atoms with Crippen molar-refractivity contribution in [3.8, 4) is 11.6 Å². The zero-order valence-corrected chi connectivity index (χ0v) is 13.0. The van der Waals surface area contributed by atoms with E-state index in [0.717, 1.165) is 5.52 Å².